The van der Waals surface area contributed by atoms with Gasteiger partial charge in [-0.15, -0.1) is 0 Å². The lowest BCUT2D eigenvalue weighted by Crippen LogP contribution is -2.13. The van der Waals surface area contributed by atoms with Crippen LogP contribution in [0.15, 0.2) is 71.5 Å². The van der Waals surface area contributed by atoms with Crippen molar-refractivity contribution < 1.29 is 9.21 Å². The third-order valence-corrected chi connectivity index (χ3v) is 3.24. The van der Waals surface area contributed by atoms with Crippen LogP contribution in [-0.2, 0) is 0 Å². The molecular weight excluding hydrogens is 278 g/mol. The second-order valence-electron chi connectivity index (χ2n) is 4.73. The molecule has 1 amide bonds. The number of nitrogens with zero attached hydrogens (tertiary/aromatic N) is 2. The predicted octanol–water partition coefficient (Wildman–Crippen LogP) is 3.69. The fraction of sp³-hybridized carbons (Fsp3) is 0.0588. The Morgan fingerprint density at radius 1 is 1.09 bits per heavy atom. The maximum Gasteiger partial charge on any atom is 0.291 e. The van der Waals surface area contributed by atoms with Gasteiger partial charge in [0.15, 0.2) is 5.76 Å². The van der Waals surface area contributed by atoms with Gasteiger partial charge in [-0.05, 0) is 36.4 Å². The molecule has 3 rings (SSSR count). The van der Waals surface area contributed by atoms with Crippen LogP contribution in [0.1, 0.15) is 10.6 Å². The number of hydrogen-bond acceptors (Lipinski definition) is 4. The van der Waals surface area contributed by atoms with Crippen molar-refractivity contribution in [3.8, 4) is 0 Å². The van der Waals surface area contributed by atoms with Gasteiger partial charge in [-0.1, -0.05) is 18.2 Å². The van der Waals surface area contributed by atoms with Gasteiger partial charge in [-0.3, -0.25) is 4.79 Å². The highest BCUT2D eigenvalue weighted by molar-refractivity contribution is 6.02. The third-order valence-electron chi connectivity index (χ3n) is 3.24. The fourth-order valence-corrected chi connectivity index (χ4v) is 2.04. The van der Waals surface area contributed by atoms with Gasteiger partial charge in [0.2, 0.25) is 0 Å². The topological polar surface area (TPSA) is 58.4 Å². The van der Waals surface area contributed by atoms with Crippen molar-refractivity contribution in [2.45, 2.75) is 0 Å². The summed E-state index contributed by atoms with van der Waals surface area (Å²) in [6.45, 7) is 0. The van der Waals surface area contributed by atoms with Crippen LogP contribution in [0.25, 0.3) is 0 Å². The van der Waals surface area contributed by atoms with Gasteiger partial charge in [0, 0.05) is 12.7 Å². The number of carbonyl (C=O) groups excluding carboxylic acids is 1. The minimum atomic E-state index is -0.295. The summed E-state index contributed by atoms with van der Waals surface area (Å²) in [5.41, 5.74) is 1.66. The van der Waals surface area contributed by atoms with Crippen molar-refractivity contribution in [2.75, 3.05) is 17.3 Å². The summed E-state index contributed by atoms with van der Waals surface area (Å²) in [4.78, 5) is 18.2. The third kappa shape index (κ3) is 2.98. The smallest absolute Gasteiger partial charge is 0.291 e. The number of nitrogens with one attached hydrogen (secondary N) is 1. The Morgan fingerprint density at radius 3 is 2.55 bits per heavy atom. The summed E-state index contributed by atoms with van der Waals surface area (Å²) in [6.07, 6.45) is 3.08. The molecule has 2 aromatic heterocycles. The van der Waals surface area contributed by atoms with Crippen LogP contribution in [0.4, 0.5) is 17.2 Å². The highest BCUT2D eigenvalue weighted by Gasteiger charge is 2.09. The molecule has 0 saturated heterocycles. The monoisotopic (exact) mass is 293 g/mol. The van der Waals surface area contributed by atoms with E-state index in [1.807, 2.05) is 54.4 Å². The Morgan fingerprint density at radius 2 is 1.91 bits per heavy atom. The molecule has 0 radical (unpaired) electrons. The number of hydrogen-bond donors (Lipinski definition) is 1. The van der Waals surface area contributed by atoms with Gasteiger partial charge < -0.3 is 14.6 Å². The molecule has 22 heavy (non-hydrogen) atoms. The number of pyridine rings is 1. The molecule has 1 N–H and O–H groups in total. The van der Waals surface area contributed by atoms with Crippen LogP contribution in [0.3, 0.4) is 0 Å². The zero-order valence-electron chi connectivity index (χ0n) is 12.1. The SMILES string of the molecule is CN(c1ccccc1)c1ccc(NC(=O)c2ccco2)cn1. The van der Waals surface area contributed by atoms with Gasteiger partial charge in [0.25, 0.3) is 5.91 Å². The van der Waals surface area contributed by atoms with E-state index in [9.17, 15) is 4.79 Å². The van der Waals surface area contributed by atoms with Crippen LogP contribution in [0, 0.1) is 0 Å². The number of aromatic nitrogens is 1. The number of carbonyl (C=O) groups is 1. The molecule has 2 heterocycles. The summed E-state index contributed by atoms with van der Waals surface area (Å²) in [5, 5.41) is 2.74. The van der Waals surface area contributed by atoms with Crippen LogP contribution >= 0.6 is 0 Å². The number of amides is 1. The van der Waals surface area contributed by atoms with E-state index in [1.165, 1.54) is 6.26 Å². The molecule has 3 aromatic rings. The van der Waals surface area contributed by atoms with E-state index in [0.717, 1.165) is 11.5 Å². The van der Waals surface area contributed by atoms with Crippen molar-refractivity contribution >= 4 is 23.1 Å². The standard InChI is InChI=1S/C17H15N3O2/c1-20(14-6-3-2-4-7-14)16-10-9-13(12-18-16)19-17(21)15-8-5-11-22-15/h2-12H,1H3,(H,19,21). The first-order chi connectivity index (χ1) is 10.7. The van der Waals surface area contributed by atoms with E-state index in [0.29, 0.717) is 5.69 Å². The lowest BCUT2D eigenvalue weighted by atomic mass is 10.3. The molecule has 0 saturated carbocycles. The summed E-state index contributed by atoms with van der Waals surface area (Å²) < 4.78 is 5.05. The van der Waals surface area contributed by atoms with Gasteiger partial charge in [0.05, 0.1) is 18.1 Å². The first-order valence-corrected chi connectivity index (χ1v) is 6.84. The summed E-state index contributed by atoms with van der Waals surface area (Å²) in [7, 11) is 1.94. The van der Waals surface area contributed by atoms with Gasteiger partial charge >= 0.3 is 0 Å². The minimum absolute atomic E-state index is 0.269. The van der Waals surface area contributed by atoms with E-state index in [2.05, 4.69) is 10.3 Å². The summed E-state index contributed by atoms with van der Waals surface area (Å²) >= 11 is 0. The van der Waals surface area contributed by atoms with Crippen LogP contribution in [0.2, 0.25) is 0 Å². The number of rotatable bonds is 4. The average Bonchev–Trinajstić information content (AvgIpc) is 3.10. The maximum atomic E-state index is 11.9. The van der Waals surface area contributed by atoms with Gasteiger partial charge in [0.1, 0.15) is 5.82 Å². The molecule has 0 aliphatic rings. The van der Waals surface area contributed by atoms with Crippen molar-refractivity contribution in [3.05, 3.63) is 72.8 Å². The molecule has 5 heteroatoms. The fourth-order valence-electron chi connectivity index (χ4n) is 2.04. The number of furan rings is 1. The van der Waals surface area contributed by atoms with E-state index in [1.54, 1.807) is 18.3 Å². The van der Waals surface area contributed by atoms with Crippen molar-refractivity contribution in [3.63, 3.8) is 0 Å². The molecule has 1 aromatic carbocycles. The highest BCUT2D eigenvalue weighted by atomic mass is 16.3. The van der Waals surface area contributed by atoms with E-state index in [-0.39, 0.29) is 11.7 Å². The number of anilines is 3. The molecule has 0 aliphatic heterocycles. The van der Waals surface area contributed by atoms with Gasteiger partial charge in [-0.2, -0.15) is 0 Å². The molecule has 0 atom stereocenters. The second kappa shape index (κ2) is 6.13. The van der Waals surface area contributed by atoms with Crippen molar-refractivity contribution in [2.24, 2.45) is 0 Å². The van der Waals surface area contributed by atoms with E-state index >= 15 is 0 Å². The first kappa shape index (κ1) is 13.9. The van der Waals surface area contributed by atoms with Crippen molar-refractivity contribution in [1.82, 2.24) is 4.98 Å². The molecule has 0 aliphatic carbocycles. The zero-order valence-corrected chi connectivity index (χ0v) is 12.1. The number of benzene rings is 1. The molecule has 5 nitrogen and oxygen atoms in total. The molecular formula is C17H15N3O2. The molecule has 0 spiro atoms. The van der Waals surface area contributed by atoms with E-state index in [4.69, 9.17) is 4.42 Å². The van der Waals surface area contributed by atoms with Crippen LogP contribution < -0.4 is 10.2 Å². The number of para-hydroxylation sites is 1. The van der Waals surface area contributed by atoms with Crippen LogP contribution in [-0.4, -0.2) is 17.9 Å². The molecule has 0 bridgehead atoms. The minimum Gasteiger partial charge on any atom is -0.459 e. The Kier molecular flexibility index (Phi) is 3.87. The van der Waals surface area contributed by atoms with Crippen LogP contribution in [0.5, 0.6) is 0 Å². The second-order valence-corrected chi connectivity index (χ2v) is 4.73. The summed E-state index contributed by atoms with van der Waals surface area (Å²) in [6, 6.07) is 16.9. The highest BCUT2D eigenvalue weighted by Crippen LogP contribution is 2.22. The first-order valence-electron chi connectivity index (χ1n) is 6.84. The Bertz CT molecular complexity index is 737. The molecule has 0 unspecified atom stereocenters. The molecule has 110 valence electrons. The maximum absolute atomic E-state index is 11.9. The molecule has 0 fully saturated rings. The lowest BCUT2D eigenvalue weighted by molar-refractivity contribution is 0.0996. The van der Waals surface area contributed by atoms with Gasteiger partial charge in [-0.25, -0.2) is 4.98 Å². The zero-order chi connectivity index (χ0) is 15.4. The average molecular weight is 293 g/mol. The quantitative estimate of drug-likeness (QED) is 0.797. The summed E-state index contributed by atoms with van der Waals surface area (Å²) in [5.74, 6) is 0.767. The normalized spacial score (nSPS) is 10.2. The predicted molar refractivity (Wildman–Crippen MR) is 85.4 cm³/mol. The Balaban J connectivity index is 1.72. The lowest BCUT2D eigenvalue weighted by Gasteiger charge is -2.18. The van der Waals surface area contributed by atoms with E-state index < -0.39 is 0 Å². The largest absolute Gasteiger partial charge is 0.459 e. The van der Waals surface area contributed by atoms with Crippen molar-refractivity contribution in [1.29, 1.82) is 0 Å². The Labute approximate surface area is 128 Å². The Hall–Kier alpha value is -3.08.